The molecule has 0 N–H and O–H groups in total. The first-order valence-electron chi connectivity index (χ1n) is 9.69. The SMILES string of the molecule is Cc1c(C#N)c(SC(C(=O)N2CCOCC2)c2ccccc2)nc2c1CCC2. The molecule has 2 heterocycles. The standard InChI is InChI=1S/C22H23N3O2S/c1-15-17-8-5-9-19(17)24-21(18(15)14-23)28-20(16-6-3-2-4-7-16)22(26)25-10-12-27-13-11-25/h2-4,6-7,20H,5,8-13H2,1H3. The number of hydrogen-bond donors (Lipinski definition) is 0. The van der Waals surface area contributed by atoms with Gasteiger partial charge in [-0.2, -0.15) is 5.26 Å². The fourth-order valence-corrected chi connectivity index (χ4v) is 5.16. The molecule has 2 aliphatic rings. The lowest BCUT2D eigenvalue weighted by molar-refractivity contribution is -0.134. The first kappa shape index (κ1) is 19.0. The number of rotatable bonds is 4. The van der Waals surface area contributed by atoms with Crippen molar-refractivity contribution in [3.63, 3.8) is 0 Å². The van der Waals surface area contributed by atoms with Crippen molar-refractivity contribution in [3.8, 4) is 6.07 Å². The minimum Gasteiger partial charge on any atom is -0.378 e. The Hall–Kier alpha value is -2.36. The van der Waals surface area contributed by atoms with E-state index in [0.717, 1.165) is 36.1 Å². The van der Waals surface area contributed by atoms with Crippen LogP contribution < -0.4 is 0 Å². The van der Waals surface area contributed by atoms with Gasteiger partial charge in [0.1, 0.15) is 16.3 Å². The summed E-state index contributed by atoms with van der Waals surface area (Å²) < 4.78 is 5.40. The van der Waals surface area contributed by atoms with Gasteiger partial charge in [-0.25, -0.2) is 4.98 Å². The molecule has 4 rings (SSSR count). The van der Waals surface area contributed by atoms with Crippen molar-refractivity contribution in [3.05, 3.63) is 58.3 Å². The first-order valence-corrected chi connectivity index (χ1v) is 10.6. The van der Waals surface area contributed by atoms with Gasteiger partial charge in [0.15, 0.2) is 0 Å². The number of carbonyl (C=O) groups is 1. The fraction of sp³-hybridized carbons (Fsp3) is 0.409. The molecule has 1 amide bonds. The van der Waals surface area contributed by atoms with Crippen LogP contribution >= 0.6 is 11.8 Å². The predicted molar refractivity (Wildman–Crippen MR) is 108 cm³/mol. The number of nitrogens with zero attached hydrogens (tertiary/aromatic N) is 3. The summed E-state index contributed by atoms with van der Waals surface area (Å²) in [6, 6.07) is 12.1. The van der Waals surface area contributed by atoms with E-state index < -0.39 is 5.25 Å². The Morgan fingerprint density at radius 3 is 2.71 bits per heavy atom. The third kappa shape index (κ3) is 3.65. The van der Waals surface area contributed by atoms with Crippen molar-refractivity contribution in [1.29, 1.82) is 5.26 Å². The Morgan fingerprint density at radius 2 is 2.00 bits per heavy atom. The molecule has 6 heteroatoms. The van der Waals surface area contributed by atoms with Crippen LogP contribution in [0.2, 0.25) is 0 Å². The van der Waals surface area contributed by atoms with Crippen LogP contribution in [-0.2, 0) is 22.4 Å². The van der Waals surface area contributed by atoms with Gasteiger partial charge in [0.05, 0.1) is 18.8 Å². The molecule has 144 valence electrons. The molecule has 1 aromatic carbocycles. The molecule has 0 bridgehead atoms. The number of aromatic nitrogens is 1. The van der Waals surface area contributed by atoms with Gasteiger partial charge in [-0.05, 0) is 42.9 Å². The van der Waals surface area contributed by atoms with Crippen LogP contribution in [0, 0.1) is 18.3 Å². The number of morpholine rings is 1. The average molecular weight is 394 g/mol. The van der Waals surface area contributed by atoms with Gasteiger partial charge >= 0.3 is 0 Å². The second-order valence-corrected chi connectivity index (χ2v) is 8.25. The number of pyridine rings is 1. The Morgan fingerprint density at radius 1 is 1.25 bits per heavy atom. The summed E-state index contributed by atoms with van der Waals surface area (Å²) >= 11 is 1.41. The highest BCUT2D eigenvalue weighted by Gasteiger charge is 2.31. The third-order valence-corrected chi connectivity index (χ3v) is 6.69. The monoisotopic (exact) mass is 393 g/mol. The van der Waals surface area contributed by atoms with Crippen molar-refractivity contribution >= 4 is 17.7 Å². The van der Waals surface area contributed by atoms with Crippen LogP contribution in [0.1, 0.15) is 39.6 Å². The lowest BCUT2D eigenvalue weighted by Crippen LogP contribution is -2.42. The lowest BCUT2D eigenvalue weighted by atomic mass is 10.0. The molecule has 1 unspecified atom stereocenters. The maximum absolute atomic E-state index is 13.4. The number of thioether (sulfide) groups is 1. The zero-order chi connectivity index (χ0) is 19.5. The van der Waals surface area contributed by atoms with Crippen molar-refractivity contribution in [2.24, 2.45) is 0 Å². The second-order valence-electron chi connectivity index (χ2n) is 7.15. The van der Waals surface area contributed by atoms with Gasteiger partial charge in [0.2, 0.25) is 5.91 Å². The van der Waals surface area contributed by atoms with Gasteiger partial charge in [0.25, 0.3) is 0 Å². The van der Waals surface area contributed by atoms with Gasteiger partial charge in [-0.3, -0.25) is 4.79 Å². The molecule has 2 aromatic rings. The van der Waals surface area contributed by atoms with E-state index in [2.05, 4.69) is 6.07 Å². The Bertz CT molecular complexity index is 918. The van der Waals surface area contributed by atoms with Crippen LogP contribution in [-0.4, -0.2) is 42.1 Å². The lowest BCUT2D eigenvalue weighted by Gasteiger charge is -2.30. The van der Waals surface area contributed by atoms with E-state index in [1.807, 2.05) is 42.2 Å². The van der Waals surface area contributed by atoms with Crippen molar-refractivity contribution in [1.82, 2.24) is 9.88 Å². The van der Waals surface area contributed by atoms with Crippen LogP contribution in [0.15, 0.2) is 35.4 Å². The molecular formula is C22H23N3O2S. The topological polar surface area (TPSA) is 66.2 Å². The summed E-state index contributed by atoms with van der Waals surface area (Å²) in [5.74, 6) is 0.0586. The Kier molecular flexibility index (Phi) is 5.65. The molecule has 1 aliphatic carbocycles. The van der Waals surface area contributed by atoms with Crippen LogP contribution in [0.25, 0.3) is 0 Å². The summed E-state index contributed by atoms with van der Waals surface area (Å²) in [5, 5.41) is 10.0. The molecule has 1 aromatic heterocycles. The maximum Gasteiger partial charge on any atom is 0.240 e. The minimum absolute atomic E-state index is 0.0586. The number of fused-ring (bicyclic) bond motifs is 1. The van der Waals surface area contributed by atoms with Gasteiger partial charge in [0, 0.05) is 18.8 Å². The van der Waals surface area contributed by atoms with E-state index in [1.165, 1.54) is 17.3 Å². The highest BCUT2D eigenvalue weighted by molar-refractivity contribution is 8.00. The van der Waals surface area contributed by atoms with E-state index in [0.29, 0.717) is 36.9 Å². The van der Waals surface area contributed by atoms with Crippen LogP contribution in [0.4, 0.5) is 0 Å². The van der Waals surface area contributed by atoms with E-state index >= 15 is 0 Å². The number of amides is 1. The predicted octanol–water partition coefficient (Wildman–Crippen LogP) is 3.44. The quantitative estimate of drug-likeness (QED) is 0.745. The molecule has 0 spiro atoms. The molecule has 1 fully saturated rings. The van der Waals surface area contributed by atoms with Crippen molar-refractivity contribution < 1.29 is 9.53 Å². The number of benzene rings is 1. The average Bonchev–Trinajstić information content (AvgIpc) is 3.22. The molecule has 28 heavy (non-hydrogen) atoms. The van der Waals surface area contributed by atoms with Crippen molar-refractivity contribution in [2.75, 3.05) is 26.3 Å². The Labute approximate surface area is 169 Å². The Balaban J connectivity index is 1.71. The smallest absolute Gasteiger partial charge is 0.240 e. The molecule has 1 atom stereocenters. The minimum atomic E-state index is -0.419. The van der Waals surface area contributed by atoms with Gasteiger partial charge < -0.3 is 9.64 Å². The maximum atomic E-state index is 13.4. The largest absolute Gasteiger partial charge is 0.378 e. The summed E-state index contributed by atoms with van der Waals surface area (Å²) in [5.41, 5.74) is 4.88. The van der Waals surface area contributed by atoms with E-state index in [-0.39, 0.29) is 5.91 Å². The van der Waals surface area contributed by atoms with Crippen molar-refractivity contribution in [2.45, 2.75) is 36.5 Å². The first-order chi connectivity index (χ1) is 13.7. The molecule has 0 radical (unpaired) electrons. The summed E-state index contributed by atoms with van der Waals surface area (Å²) in [7, 11) is 0. The van der Waals surface area contributed by atoms with E-state index in [1.54, 1.807) is 0 Å². The van der Waals surface area contributed by atoms with Crippen LogP contribution in [0.5, 0.6) is 0 Å². The zero-order valence-electron chi connectivity index (χ0n) is 16.0. The normalized spacial score (nSPS) is 17.1. The van der Waals surface area contributed by atoms with Gasteiger partial charge in [-0.1, -0.05) is 42.1 Å². The number of ether oxygens (including phenoxy) is 1. The van der Waals surface area contributed by atoms with E-state index in [9.17, 15) is 10.1 Å². The second kappa shape index (κ2) is 8.34. The molecule has 1 aliphatic heterocycles. The highest BCUT2D eigenvalue weighted by atomic mass is 32.2. The summed E-state index contributed by atoms with van der Waals surface area (Å²) in [6.07, 6.45) is 3.02. The number of hydrogen-bond acceptors (Lipinski definition) is 5. The summed E-state index contributed by atoms with van der Waals surface area (Å²) in [6.45, 7) is 4.35. The molecule has 1 saturated heterocycles. The van der Waals surface area contributed by atoms with E-state index in [4.69, 9.17) is 9.72 Å². The molecular weight excluding hydrogens is 370 g/mol. The summed E-state index contributed by atoms with van der Waals surface area (Å²) in [4.78, 5) is 20.0. The van der Waals surface area contributed by atoms with Gasteiger partial charge in [-0.15, -0.1) is 0 Å². The fourth-order valence-electron chi connectivity index (χ4n) is 3.91. The molecule has 5 nitrogen and oxygen atoms in total. The zero-order valence-corrected chi connectivity index (χ0v) is 16.8. The van der Waals surface area contributed by atoms with Crippen LogP contribution in [0.3, 0.4) is 0 Å². The number of aryl methyl sites for hydroxylation is 1. The number of carbonyl (C=O) groups excluding carboxylic acids is 1. The third-order valence-electron chi connectivity index (χ3n) is 5.46. The highest BCUT2D eigenvalue weighted by Crippen LogP contribution is 2.40. The molecule has 0 saturated carbocycles. The number of nitriles is 1.